The van der Waals surface area contributed by atoms with Gasteiger partial charge >= 0.3 is 5.97 Å². The van der Waals surface area contributed by atoms with Gasteiger partial charge in [0, 0.05) is 18.3 Å². The third kappa shape index (κ3) is 24.2. The minimum Gasteiger partial charge on any atom is -0.481 e. The van der Waals surface area contributed by atoms with E-state index in [0.29, 0.717) is 6.42 Å². The molecule has 3 heteroatoms. The molecule has 1 aromatic rings. The van der Waals surface area contributed by atoms with E-state index >= 15 is 0 Å². The molecule has 31 heavy (non-hydrogen) atoms. The van der Waals surface area contributed by atoms with Crippen molar-refractivity contribution in [2.45, 2.75) is 117 Å². The van der Waals surface area contributed by atoms with Gasteiger partial charge in [0.1, 0.15) is 0 Å². The van der Waals surface area contributed by atoms with Crippen LogP contribution in [-0.4, -0.2) is 16.1 Å². The van der Waals surface area contributed by atoms with Crippen LogP contribution in [-0.2, 0) is 11.2 Å². The molecule has 0 unspecified atom stereocenters. The van der Waals surface area contributed by atoms with Crippen LogP contribution < -0.4 is 0 Å². The molecule has 0 radical (unpaired) electrons. The van der Waals surface area contributed by atoms with E-state index in [1.54, 1.807) is 0 Å². The largest absolute Gasteiger partial charge is 0.481 e. The Bertz CT molecular complexity index is 551. The van der Waals surface area contributed by atoms with Gasteiger partial charge in [-0.3, -0.25) is 9.78 Å². The standard InChI is InChI=1S/C18H32O2.C10H15N/c1-2-3-4-5-6-7-8-9-10-11-12-13-14-15-16-17-18(19)20;1-2-3-4-7-10-8-5-6-9-11-10/h6-7,9-10H,2-5,8,11-17H2,1H3,(H,19,20);5-6,8-9H,2-4,7H2,1H3/b7-6-,10-9-;. The van der Waals surface area contributed by atoms with Gasteiger partial charge in [-0.15, -0.1) is 0 Å². The van der Waals surface area contributed by atoms with Gasteiger partial charge in [-0.2, -0.15) is 0 Å². The highest BCUT2D eigenvalue weighted by atomic mass is 16.4. The molecule has 0 aliphatic carbocycles. The number of carboxylic acids is 1. The number of hydrogen-bond acceptors (Lipinski definition) is 2. The van der Waals surface area contributed by atoms with Crippen molar-refractivity contribution in [1.29, 1.82) is 0 Å². The number of rotatable bonds is 18. The molecule has 176 valence electrons. The Balaban J connectivity index is 0.000000683. The first-order valence-electron chi connectivity index (χ1n) is 12.6. The molecule has 0 aromatic carbocycles. The highest BCUT2D eigenvalue weighted by Crippen LogP contribution is 2.08. The van der Waals surface area contributed by atoms with E-state index in [4.69, 9.17) is 5.11 Å². The molecule has 0 aliphatic heterocycles. The van der Waals surface area contributed by atoms with Crippen molar-refractivity contribution in [3.05, 3.63) is 54.4 Å². The molecule has 1 heterocycles. The second kappa shape index (κ2) is 24.4. The van der Waals surface area contributed by atoms with E-state index in [1.165, 1.54) is 69.9 Å². The number of allylic oxidation sites excluding steroid dienone is 4. The molecular formula is C28H47NO2. The van der Waals surface area contributed by atoms with Crippen molar-refractivity contribution in [1.82, 2.24) is 4.98 Å². The summed E-state index contributed by atoms with van der Waals surface area (Å²) in [5, 5.41) is 8.50. The number of carbonyl (C=O) groups is 1. The lowest BCUT2D eigenvalue weighted by Gasteiger charge is -1.98. The first-order chi connectivity index (χ1) is 15.2. The number of nitrogens with zero attached hydrogens (tertiary/aromatic N) is 1. The molecule has 0 fully saturated rings. The predicted molar refractivity (Wildman–Crippen MR) is 134 cm³/mol. The lowest BCUT2D eigenvalue weighted by atomic mass is 10.1. The van der Waals surface area contributed by atoms with Crippen LogP contribution in [0.3, 0.4) is 0 Å². The summed E-state index contributed by atoms with van der Waals surface area (Å²) in [6.45, 7) is 4.46. The lowest BCUT2D eigenvalue weighted by Crippen LogP contribution is -1.93. The summed E-state index contributed by atoms with van der Waals surface area (Å²) in [6.07, 6.45) is 29.1. The highest BCUT2D eigenvalue weighted by molar-refractivity contribution is 5.66. The van der Waals surface area contributed by atoms with Crippen LogP contribution in [0.4, 0.5) is 0 Å². The molecule has 1 rings (SSSR count). The zero-order valence-corrected chi connectivity index (χ0v) is 20.2. The van der Waals surface area contributed by atoms with Gasteiger partial charge in [-0.1, -0.05) is 89.2 Å². The number of aliphatic carboxylic acids is 1. The van der Waals surface area contributed by atoms with E-state index < -0.39 is 5.97 Å². The number of aromatic nitrogens is 1. The second-order valence-electron chi connectivity index (χ2n) is 8.15. The van der Waals surface area contributed by atoms with Gasteiger partial charge in [-0.25, -0.2) is 0 Å². The Hall–Kier alpha value is -1.90. The average Bonchev–Trinajstić information content (AvgIpc) is 2.77. The fourth-order valence-corrected chi connectivity index (χ4v) is 3.19. The van der Waals surface area contributed by atoms with Crippen molar-refractivity contribution in [2.75, 3.05) is 0 Å². The minimum atomic E-state index is -0.671. The van der Waals surface area contributed by atoms with Crippen LogP contribution >= 0.6 is 0 Å². The van der Waals surface area contributed by atoms with Crippen molar-refractivity contribution >= 4 is 5.97 Å². The summed E-state index contributed by atoms with van der Waals surface area (Å²) in [6, 6.07) is 6.10. The van der Waals surface area contributed by atoms with Gasteiger partial charge < -0.3 is 5.11 Å². The third-order valence-corrected chi connectivity index (χ3v) is 5.10. The summed E-state index contributed by atoms with van der Waals surface area (Å²) >= 11 is 0. The van der Waals surface area contributed by atoms with Crippen molar-refractivity contribution in [2.24, 2.45) is 0 Å². The number of carboxylic acid groups (broad SMARTS) is 1. The minimum absolute atomic E-state index is 0.324. The molecule has 0 saturated carbocycles. The maximum atomic E-state index is 10.3. The molecule has 0 saturated heterocycles. The number of unbranched alkanes of at least 4 members (excludes halogenated alkanes) is 10. The van der Waals surface area contributed by atoms with Crippen LogP contribution in [0.15, 0.2) is 48.7 Å². The maximum Gasteiger partial charge on any atom is 0.303 e. The molecular weight excluding hydrogens is 382 g/mol. The second-order valence-corrected chi connectivity index (χ2v) is 8.15. The Morgan fingerprint density at radius 2 is 1.42 bits per heavy atom. The topological polar surface area (TPSA) is 50.2 Å². The average molecular weight is 430 g/mol. The number of pyridine rings is 1. The predicted octanol–water partition coefficient (Wildman–Crippen LogP) is 8.70. The fourth-order valence-electron chi connectivity index (χ4n) is 3.19. The van der Waals surface area contributed by atoms with Crippen LogP contribution in [0.5, 0.6) is 0 Å². The molecule has 3 nitrogen and oxygen atoms in total. The van der Waals surface area contributed by atoms with Crippen LogP contribution in [0.25, 0.3) is 0 Å². The van der Waals surface area contributed by atoms with Gasteiger partial charge in [0.2, 0.25) is 0 Å². The summed E-state index contributed by atoms with van der Waals surface area (Å²) in [5.41, 5.74) is 1.22. The molecule has 0 aliphatic rings. The first kappa shape index (κ1) is 29.1. The maximum absolute atomic E-state index is 10.3. The van der Waals surface area contributed by atoms with E-state index in [9.17, 15) is 4.79 Å². The number of aryl methyl sites for hydroxylation is 1. The Morgan fingerprint density at radius 1 is 0.806 bits per heavy atom. The summed E-state index contributed by atoms with van der Waals surface area (Å²) in [7, 11) is 0. The van der Waals surface area contributed by atoms with Gasteiger partial charge in [-0.05, 0) is 63.5 Å². The number of hydrogen-bond donors (Lipinski definition) is 1. The zero-order chi connectivity index (χ0) is 22.8. The molecule has 0 amide bonds. The van der Waals surface area contributed by atoms with E-state index in [2.05, 4.69) is 49.2 Å². The highest BCUT2D eigenvalue weighted by Gasteiger charge is 1.95. The monoisotopic (exact) mass is 429 g/mol. The van der Waals surface area contributed by atoms with Gasteiger partial charge in [0.05, 0.1) is 0 Å². The molecule has 1 N–H and O–H groups in total. The summed E-state index contributed by atoms with van der Waals surface area (Å²) < 4.78 is 0. The van der Waals surface area contributed by atoms with Crippen LogP contribution in [0.2, 0.25) is 0 Å². The van der Waals surface area contributed by atoms with Gasteiger partial charge in [0.15, 0.2) is 0 Å². The first-order valence-corrected chi connectivity index (χ1v) is 12.6. The van der Waals surface area contributed by atoms with Gasteiger partial charge in [0.25, 0.3) is 0 Å². The molecule has 0 atom stereocenters. The smallest absolute Gasteiger partial charge is 0.303 e. The summed E-state index contributed by atoms with van der Waals surface area (Å²) in [4.78, 5) is 14.6. The quantitative estimate of drug-likeness (QED) is 0.187. The molecule has 1 aromatic heterocycles. The van der Waals surface area contributed by atoms with Crippen molar-refractivity contribution < 1.29 is 9.90 Å². The van der Waals surface area contributed by atoms with Crippen molar-refractivity contribution in [3.8, 4) is 0 Å². The SMILES string of the molecule is CCCCC/C=C\C/C=C\CCCCCCCC(=O)O.CCCCCc1ccccn1. The Morgan fingerprint density at radius 3 is 2.03 bits per heavy atom. The third-order valence-electron chi connectivity index (χ3n) is 5.10. The fraction of sp³-hybridized carbons (Fsp3) is 0.643. The van der Waals surface area contributed by atoms with Crippen molar-refractivity contribution in [3.63, 3.8) is 0 Å². The Kier molecular flexibility index (Phi) is 22.9. The molecule has 0 bridgehead atoms. The lowest BCUT2D eigenvalue weighted by molar-refractivity contribution is -0.137. The summed E-state index contributed by atoms with van der Waals surface area (Å²) in [5.74, 6) is -0.671. The normalized spacial score (nSPS) is 11.0. The van der Waals surface area contributed by atoms with E-state index in [1.807, 2.05) is 18.3 Å². The van der Waals surface area contributed by atoms with E-state index in [-0.39, 0.29) is 0 Å². The Labute approximate surface area is 192 Å². The van der Waals surface area contributed by atoms with Crippen LogP contribution in [0.1, 0.15) is 116 Å². The van der Waals surface area contributed by atoms with E-state index in [0.717, 1.165) is 32.1 Å². The zero-order valence-electron chi connectivity index (χ0n) is 20.2. The molecule has 0 spiro atoms. The van der Waals surface area contributed by atoms with Crippen LogP contribution in [0, 0.1) is 0 Å².